The molecule has 102 valence electrons. The van der Waals surface area contributed by atoms with Gasteiger partial charge >= 0.3 is 0 Å². The number of benzene rings is 2. The summed E-state index contributed by atoms with van der Waals surface area (Å²) >= 11 is 5.87. The van der Waals surface area contributed by atoms with Crippen LogP contribution in [0.25, 0.3) is 11.0 Å². The third-order valence-corrected chi connectivity index (χ3v) is 3.42. The first kappa shape index (κ1) is 13.1. The molecule has 1 aromatic heterocycles. The Kier molecular flexibility index (Phi) is 3.44. The summed E-state index contributed by atoms with van der Waals surface area (Å²) in [5.74, 6) is 5.76. The maximum absolute atomic E-state index is 13.7. The molecule has 0 spiro atoms. The van der Waals surface area contributed by atoms with E-state index < -0.39 is 0 Å². The Morgan fingerprint density at radius 2 is 1.90 bits per heavy atom. The molecule has 3 aromatic rings. The number of rotatable bonds is 3. The molecule has 0 aliphatic rings. The molecule has 2 aromatic carbocycles. The van der Waals surface area contributed by atoms with Crippen LogP contribution in [-0.2, 0) is 0 Å². The summed E-state index contributed by atoms with van der Waals surface area (Å²) in [5.41, 5.74) is 3.79. The van der Waals surface area contributed by atoms with E-state index in [2.05, 4.69) is 5.43 Å². The molecule has 0 aliphatic heterocycles. The summed E-state index contributed by atoms with van der Waals surface area (Å²) in [6, 6.07) is 13.4. The van der Waals surface area contributed by atoms with Gasteiger partial charge < -0.3 is 4.42 Å². The number of fused-ring (bicyclic) bond motifs is 1. The van der Waals surface area contributed by atoms with Crippen molar-refractivity contribution >= 4 is 22.6 Å². The van der Waals surface area contributed by atoms with Gasteiger partial charge in [-0.2, -0.15) is 0 Å². The van der Waals surface area contributed by atoms with E-state index in [1.165, 1.54) is 6.07 Å². The van der Waals surface area contributed by atoms with Gasteiger partial charge in [-0.1, -0.05) is 35.9 Å². The van der Waals surface area contributed by atoms with E-state index >= 15 is 0 Å². The molecule has 1 heterocycles. The van der Waals surface area contributed by atoms with Gasteiger partial charge in [0.2, 0.25) is 0 Å². The van der Waals surface area contributed by atoms with Crippen LogP contribution in [0.3, 0.4) is 0 Å². The minimum atomic E-state index is -0.388. The number of hydrogen-bond donors (Lipinski definition) is 2. The smallest absolute Gasteiger partial charge is 0.169 e. The molecular formula is C15H12ClFN2O. The fourth-order valence-electron chi connectivity index (χ4n) is 2.19. The molecule has 3 nitrogen and oxygen atoms in total. The molecule has 0 amide bonds. The zero-order valence-corrected chi connectivity index (χ0v) is 11.2. The van der Waals surface area contributed by atoms with Crippen LogP contribution in [0.15, 0.2) is 52.9 Å². The van der Waals surface area contributed by atoms with E-state index in [1.807, 2.05) is 12.1 Å². The molecular weight excluding hydrogens is 279 g/mol. The Morgan fingerprint density at radius 3 is 2.55 bits per heavy atom. The molecule has 0 radical (unpaired) electrons. The maximum Gasteiger partial charge on any atom is 0.169 e. The quantitative estimate of drug-likeness (QED) is 0.570. The highest BCUT2D eigenvalue weighted by Crippen LogP contribution is 2.29. The number of furan rings is 1. The second kappa shape index (κ2) is 5.25. The van der Waals surface area contributed by atoms with Gasteiger partial charge in [-0.25, -0.2) is 9.82 Å². The first-order valence-corrected chi connectivity index (χ1v) is 6.46. The van der Waals surface area contributed by atoms with Crippen LogP contribution < -0.4 is 11.3 Å². The van der Waals surface area contributed by atoms with Gasteiger partial charge in [-0.05, 0) is 29.8 Å². The van der Waals surface area contributed by atoms with Crippen LogP contribution >= 0.6 is 11.6 Å². The van der Waals surface area contributed by atoms with Crippen LogP contribution in [-0.4, -0.2) is 0 Å². The van der Waals surface area contributed by atoms with Crippen LogP contribution in [0.2, 0.25) is 5.02 Å². The van der Waals surface area contributed by atoms with Crippen molar-refractivity contribution in [1.29, 1.82) is 0 Å². The molecule has 1 atom stereocenters. The van der Waals surface area contributed by atoms with Gasteiger partial charge in [-0.3, -0.25) is 5.84 Å². The average Bonchev–Trinajstić information content (AvgIpc) is 2.87. The Bertz CT molecular complexity index is 739. The summed E-state index contributed by atoms with van der Waals surface area (Å²) in [6.07, 6.45) is 0. The van der Waals surface area contributed by atoms with Crippen LogP contribution in [0, 0.1) is 5.82 Å². The largest absolute Gasteiger partial charge is 0.456 e. The molecule has 3 rings (SSSR count). The second-order valence-electron chi connectivity index (χ2n) is 4.46. The zero-order chi connectivity index (χ0) is 14.1. The van der Waals surface area contributed by atoms with Crippen LogP contribution in [0.4, 0.5) is 4.39 Å². The van der Waals surface area contributed by atoms with Crippen molar-refractivity contribution in [1.82, 2.24) is 5.43 Å². The molecule has 20 heavy (non-hydrogen) atoms. The monoisotopic (exact) mass is 290 g/mol. The Labute approximate surface area is 120 Å². The van der Waals surface area contributed by atoms with Gasteiger partial charge in [0.15, 0.2) is 11.4 Å². The lowest BCUT2D eigenvalue weighted by Gasteiger charge is -2.13. The summed E-state index contributed by atoms with van der Waals surface area (Å²) < 4.78 is 19.2. The molecule has 0 saturated carbocycles. The van der Waals surface area contributed by atoms with E-state index in [-0.39, 0.29) is 17.4 Å². The third-order valence-electron chi connectivity index (χ3n) is 3.17. The highest BCUT2D eigenvalue weighted by Gasteiger charge is 2.18. The Morgan fingerprint density at radius 1 is 1.15 bits per heavy atom. The molecule has 1 unspecified atom stereocenters. The summed E-state index contributed by atoms with van der Waals surface area (Å²) in [4.78, 5) is 0. The Hall–Kier alpha value is -1.88. The second-order valence-corrected chi connectivity index (χ2v) is 4.89. The average molecular weight is 291 g/mol. The minimum Gasteiger partial charge on any atom is -0.456 e. The number of para-hydroxylation sites is 1. The van der Waals surface area contributed by atoms with Crippen molar-refractivity contribution in [2.45, 2.75) is 6.04 Å². The third kappa shape index (κ3) is 2.29. The summed E-state index contributed by atoms with van der Waals surface area (Å²) in [5, 5.41) is 1.34. The van der Waals surface area contributed by atoms with E-state index in [0.717, 1.165) is 5.56 Å². The fourth-order valence-corrected chi connectivity index (χ4v) is 2.31. The first-order valence-electron chi connectivity index (χ1n) is 6.08. The molecule has 0 aliphatic carbocycles. The van der Waals surface area contributed by atoms with Crippen molar-refractivity contribution in [3.05, 3.63) is 70.7 Å². The van der Waals surface area contributed by atoms with Crippen molar-refractivity contribution < 1.29 is 8.81 Å². The molecule has 5 heteroatoms. The standard InChI is InChI=1S/C15H12ClFN2O/c16-11-6-4-9(5-7-11)14(19-18)13-8-10-2-1-3-12(17)15(10)20-13/h1-8,14,19H,18H2. The lowest BCUT2D eigenvalue weighted by molar-refractivity contribution is 0.465. The SMILES string of the molecule is NNC(c1ccc(Cl)cc1)c1cc2cccc(F)c2o1. The van der Waals surface area contributed by atoms with Crippen LogP contribution in [0.1, 0.15) is 17.4 Å². The number of halogens is 2. The lowest BCUT2D eigenvalue weighted by atomic mass is 10.1. The van der Waals surface area contributed by atoms with E-state index in [9.17, 15) is 4.39 Å². The first-order chi connectivity index (χ1) is 9.69. The molecule has 0 bridgehead atoms. The van der Waals surface area contributed by atoms with E-state index in [0.29, 0.717) is 16.2 Å². The highest BCUT2D eigenvalue weighted by molar-refractivity contribution is 6.30. The predicted molar refractivity (Wildman–Crippen MR) is 76.8 cm³/mol. The van der Waals surface area contributed by atoms with Gasteiger partial charge in [0, 0.05) is 10.4 Å². The molecule has 3 N–H and O–H groups in total. The summed E-state index contributed by atoms with van der Waals surface area (Å²) in [7, 11) is 0. The van der Waals surface area contributed by atoms with Gasteiger partial charge in [0.1, 0.15) is 11.8 Å². The van der Waals surface area contributed by atoms with Crippen LogP contribution in [0.5, 0.6) is 0 Å². The highest BCUT2D eigenvalue weighted by atomic mass is 35.5. The Balaban J connectivity index is 2.07. The predicted octanol–water partition coefficient (Wildman–Crippen LogP) is 3.78. The number of nitrogens with two attached hydrogens (primary N) is 1. The summed E-state index contributed by atoms with van der Waals surface area (Å²) in [6.45, 7) is 0. The van der Waals surface area contributed by atoms with Gasteiger partial charge in [0.25, 0.3) is 0 Å². The van der Waals surface area contributed by atoms with E-state index in [4.69, 9.17) is 21.9 Å². The maximum atomic E-state index is 13.7. The van der Waals surface area contributed by atoms with Crippen molar-refractivity contribution in [3.63, 3.8) is 0 Å². The van der Waals surface area contributed by atoms with E-state index in [1.54, 1.807) is 30.3 Å². The number of hydrogen-bond acceptors (Lipinski definition) is 3. The topological polar surface area (TPSA) is 51.2 Å². The van der Waals surface area contributed by atoms with Gasteiger partial charge in [0.05, 0.1) is 0 Å². The normalized spacial score (nSPS) is 12.8. The fraction of sp³-hybridized carbons (Fsp3) is 0.0667. The minimum absolute atomic E-state index is 0.233. The van der Waals surface area contributed by atoms with Crippen molar-refractivity contribution in [2.24, 2.45) is 5.84 Å². The van der Waals surface area contributed by atoms with Gasteiger partial charge in [-0.15, -0.1) is 0 Å². The molecule has 0 fully saturated rings. The van der Waals surface area contributed by atoms with Crippen molar-refractivity contribution in [2.75, 3.05) is 0 Å². The zero-order valence-electron chi connectivity index (χ0n) is 10.4. The lowest BCUT2D eigenvalue weighted by Crippen LogP contribution is -2.28. The molecule has 0 saturated heterocycles. The van der Waals surface area contributed by atoms with Crippen molar-refractivity contribution in [3.8, 4) is 0 Å². The number of nitrogens with one attached hydrogen (secondary N) is 1. The number of hydrazine groups is 1.